The Labute approximate surface area is 212 Å². The van der Waals surface area contributed by atoms with E-state index in [0.717, 1.165) is 72.1 Å². The van der Waals surface area contributed by atoms with E-state index in [1.54, 1.807) is 11.3 Å². The molecule has 1 fully saturated rings. The van der Waals surface area contributed by atoms with E-state index in [-0.39, 0.29) is 18.4 Å². The molecule has 1 unspecified atom stereocenters. The van der Waals surface area contributed by atoms with E-state index >= 15 is 0 Å². The Bertz CT molecular complexity index is 1180. The van der Waals surface area contributed by atoms with Gasteiger partial charge in [-0.2, -0.15) is 5.26 Å². The van der Waals surface area contributed by atoms with Crippen LogP contribution >= 0.6 is 11.3 Å². The third kappa shape index (κ3) is 6.76. The highest BCUT2D eigenvalue weighted by atomic mass is 32.1. The molecule has 2 N–H and O–H groups in total. The average molecular weight is 488 g/mol. The molecular formula is C28H33N5OS. The number of hydrogen-bond donors (Lipinski definition) is 2. The number of rotatable bonds is 9. The minimum atomic E-state index is -0.280. The third-order valence-corrected chi connectivity index (χ3v) is 7.10. The Morgan fingerprint density at radius 2 is 1.86 bits per heavy atom. The van der Waals surface area contributed by atoms with Crippen LogP contribution in [0.1, 0.15) is 36.8 Å². The van der Waals surface area contributed by atoms with Gasteiger partial charge < -0.3 is 10.6 Å². The molecule has 1 aliphatic heterocycles. The van der Waals surface area contributed by atoms with E-state index < -0.39 is 0 Å². The van der Waals surface area contributed by atoms with Crippen LogP contribution in [-0.2, 0) is 11.3 Å². The standard InChI is InChI=1S/C28H33N5OS/c1-20(2)15-25(28(34)31-10-9-29)23-7-3-5-21(16-23)22-6-4-8-24(17-22)26-19-35-27(32-26)18-33-13-11-30-12-14-33/h3-8,16-17,19-20,25,30H,10-15,18H2,1-2H3,(H,31,34). The molecule has 0 spiro atoms. The van der Waals surface area contributed by atoms with Crippen molar-refractivity contribution >= 4 is 17.2 Å². The summed E-state index contributed by atoms with van der Waals surface area (Å²) in [5.41, 5.74) is 5.25. The molecule has 7 heteroatoms. The molecule has 2 heterocycles. The van der Waals surface area contributed by atoms with Gasteiger partial charge in [0.15, 0.2) is 0 Å². The Morgan fingerprint density at radius 1 is 1.14 bits per heavy atom. The van der Waals surface area contributed by atoms with Crippen molar-refractivity contribution in [3.8, 4) is 28.5 Å². The Kier molecular flexibility index (Phi) is 8.64. The molecule has 0 saturated carbocycles. The van der Waals surface area contributed by atoms with Crippen LogP contribution in [0.4, 0.5) is 0 Å². The molecule has 4 rings (SSSR count). The fraction of sp³-hybridized carbons (Fsp3) is 0.393. The smallest absolute Gasteiger partial charge is 0.228 e. The van der Waals surface area contributed by atoms with Gasteiger partial charge in [0.05, 0.1) is 24.2 Å². The molecule has 1 atom stereocenters. The van der Waals surface area contributed by atoms with Gasteiger partial charge in [0.25, 0.3) is 0 Å². The SMILES string of the molecule is CC(C)CC(C(=O)NCC#N)c1cccc(-c2cccc(-c3csc(CN4CCNCC4)n3)c2)c1. The maximum Gasteiger partial charge on any atom is 0.228 e. The van der Waals surface area contributed by atoms with E-state index in [2.05, 4.69) is 71.2 Å². The van der Waals surface area contributed by atoms with E-state index in [9.17, 15) is 4.79 Å². The first-order valence-corrected chi connectivity index (χ1v) is 13.1. The number of piperazine rings is 1. The molecule has 2 aromatic carbocycles. The van der Waals surface area contributed by atoms with Crippen LogP contribution < -0.4 is 10.6 Å². The highest BCUT2D eigenvalue weighted by Crippen LogP contribution is 2.31. The fourth-order valence-corrected chi connectivity index (χ4v) is 5.33. The van der Waals surface area contributed by atoms with E-state index in [1.165, 1.54) is 0 Å². The summed E-state index contributed by atoms with van der Waals surface area (Å²) in [6.07, 6.45) is 0.732. The summed E-state index contributed by atoms with van der Waals surface area (Å²) < 4.78 is 0. The molecule has 1 saturated heterocycles. The van der Waals surface area contributed by atoms with E-state index in [0.29, 0.717) is 5.92 Å². The summed E-state index contributed by atoms with van der Waals surface area (Å²) in [4.78, 5) is 20.2. The maximum atomic E-state index is 12.8. The molecule has 6 nitrogen and oxygen atoms in total. The van der Waals surface area contributed by atoms with Crippen LogP contribution in [0.5, 0.6) is 0 Å². The molecule has 3 aromatic rings. The topological polar surface area (TPSA) is 81.0 Å². The molecule has 1 aromatic heterocycles. The summed E-state index contributed by atoms with van der Waals surface area (Å²) in [7, 11) is 0. The Balaban J connectivity index is 1.55. The van der Waals surface area contributed by atoms with Gasteiger partial charge in [-0.15, -0.1) is 11.3 Å². The van der Waals surface area contributed by atoms with Crippen molar-refractivity contribution < 1.29 is 4.79 Å². The van der Waals surface area contributed by atoms with Crippen molar-refractivity contribution in [3.63, 3.8) is 0 Å². The number of aromatic nitrogens is 1. The van der Waals surface area contributed by atoms with Gasteiger partial charge in [-0.25, -0.2) is 4.98 Å². The molecule has 0 aliphatic carbocycles. The minimum absolute atomic E-state index is 0.0272. The number of carbonyl (C=O) groups excluding carboxylic acids is 1. The number of hydrogen-bond acceptors (Lipinski definition) is 6. The number of thiazole rings is 1. The lowest BCUT2D eigenvalue weighted by molar-refractivity contribution is -0.122. The van der Waals surface area contributed by atoms with Gasteiger partial charge in [-0.3, -0.25) is 9.69 Å². The van der Waals surface area contributed by atoms with Gasteiger partial charge in [-0.1, -0.05) is 56.3 Å². The molecule has 0 radical (unpaired) electrons. The van der Waals surface area contributed by atoms with Crippen LogP contribution in [0.2, 0.25) is 0 Å². The first-order valence-electron chi connectivity index (χ1n) is 12.3. The summed E-state index contributed by atoms with van der Waals surface area (Å²) in [6, 6.07) is 18.7. The number of nitrogens with one attached hydrogen (secondary N) is 2. The molecular weight excluding hydrogens is 454 g/mol. The normalized spacial score (nSPS) is 15.0. The van der Waals surface area contributed by atoms with Crippen LogP contribution in [0.25, 0.3) is 22.4 Å². The van der Waals surface area contributed by atoms with E-state index in [1.807, 2.05) is 18.2 Å². The first-order chi connectivity index (χ1) is 17.0. The zero-order valence-corrected chi connectivity index (χ0v) is 21.3. The molecule has 1 aliphatic rings. The Morgan fingerprint density at radius 3 is 2.60 bits per heavy atom. The van der Waals surface area contributed by atoms with Crippen molar-refractivity contribution in [2.75, 3.05) is 32.7 Å². The molecule has 182 valence electrons. The summed E-state index contributed by atoms with van der Waals surface area (Å²) >= 11 is 1.72. The summed E-state index contributed by atoms with van der Waals surface area (Å²) in [5.74, 6) is -0.0110. The van der Waals surface area contributed by atoms with Gasteiger partial charge in [0, 0.05) is 37.1 Å². The average Bonchev–Trinajstić information content (AvgIpc) is 3.35. The van der Waals surface area contributed by atoms with Crippen LogP contribution in [0.3, 0.4) is 0 Å². The van der Waals surface area contributed by atoms with Gasteiger partial charge in [0.1, 0.15) is 11.6 Å². The predicted octanol–water partition coefficient (Wildman–Crippen LogP) is 4.65. The van der Waals surface area contributed by atoms with Crippen LogP contribution in [0, 0.1) is 17.2 Å². The van der Waals surface area contributed by atoms with Gasteiger partial charge >= 0.3 is 0 Å². The lowest BCUT2D eigenvalue weighted by atomic mass is 9.87. The monoisotopic (exact) mass is 487 g/mol. The highest BCUT2D eigenvalue weighted by Gasteiger charge is 2.22. The number of nitrogens with zero attached hydrogens (tertiary/aromatic N) is 3. The zero-order valence-electron chi connectivity index (χ0n) is 20.5. The third-order valence-electron chi connectivity index (χ3n) is 6.27. The second kappa shape index (κ2) is 12.1. The predicted molar refractivity (Wildman–Crippen MR) is 142 cm³/mol. The first kappa shape index (κ1) is 25.1. The van der Waals surface area contributed by atoms with Crippen molar-refractivity contribution in [2.24, 2.45) is 5.92 Å². The fourth-order valence-electron chi connectivity index (χ4n) is 4.49. The van der Waals surface area contributed by atoms with Gasteiger partial charge in [-0.05, 0) is 35.1 Å². The molecule has 0 bridgehead atoms. The summed E-state index contributed by atoms with van der Waals surface area (Å²) in [6.45, 7) is 9.36. The minimum Gasteiger partial charge on any atom is -0.342 e. The number of benzene rings is 2. The maximum absolute atomic E-state index is 12.8. The van der Waals surface area contributed by atoms with Gasteiger partial charge in [0.2, 0.25) is 5.91 Å². The molecule has 35 heavy (non-hydrogen) atoms. The second-order valence-corrected chi connectivity index (χ2v) is 10.4. The number of amides is 1. The second-order valence-electron chi connectivity index (χ2n) is 9.42. The summed E-state index contributed by atoms with van der Waals surface area (Å²) in [5, 5.41) is 18.3. The lowest BCUT2D eigenvalue weighted by Crippen LogP contribution is -2.42. The van der Waals surface area contributed by atoms with E-state index in [4.69, 9.17) is 10.2 Å². The van der Waals surface area contributed by atoms with Crippen molar-refractivity contribution in [3.05, 3.63) is 64.5 Å². The van der Waals surface area contributed by atoms with Crippen molar-refractivity contribution in [1.82, 2.24) is 20.5 Å². The number of carbonyl (C=O) groups is 1. The Hall–Kier alpha value is -3.05. The largest absolute Gasteiger partial charge is 0.342 e. The van der Waals surface area contributed by atoms with Crippen LogP contribution in [0.15, 0.2) is 53.9 Å². The zero-order chi connectivity index (χ0) is 24.6. The lowest BCUT2D eigenvalue weighted by Gasteiger charge is -2.26. The highest BCUT2D eigenvalue weighted by molar-refractivity contribution is 7.09. The quantitative estimate of drug-likeness (QED) is 0.430. The van der Waals surface area contributed by atoms with Crippen LogP contribution in [-0.4, -0.2) is 48.5 Å². The molecule has 1 amide bonds. The van der Waals surface area contributed by atoms with Crippen molar-refractivity contribution in [1.29, 1.82) is 5.26 Å². The van der Waals surface area contributed by atoms with Crippen molar-refractivity contribution in [2.45, 2.75) is 32.7 Å². The number of nitriles is 1.